The van der Waals surface area contributed by atoms with Crippen LogP contribution < -0.4 is 0 Å². The van der Waals surface area contributed by atoms with Gasteiger partial charge in [0.05, 0.1) is 0 Å². The maximum Gasteiger partial charge on any atom is 0.126 e. The highest BCUT2D eigenvalue weighted by molar-refractivity contribution is 5.72. The van der Waals surface area contributed by atoms with Crippen molar-refractivity contribution in [3.05, 3.63) is 47.5 Å². The molecule has 0 saturated carbocycles. The lowest BCUT2D eigenvalue weighted by Crippen LogP contribution is -1.85. The Labute approximate surface area is 94.8 Å². The summed E-state index contributed by atoms with van der Waals surface area (Å²) in [6, 6.07) is 10.7. The normalized spacial score (nSPS) is 10.4. The molecule has 82 valence electrons. The molecule has 0 bridgehead atoms. The number of aromatic hydroxyl groups is 2. The minimum absolute atomic E-state index is 0.229. The Morgan fingerprint density at radius 3 is 2.12 bits per heavy atom. The number of aryl methyl sites for hydroxylation is 2. The van der Waals surface area contributed by atoms with E-state index in [4.69, 9.17) is 0 Å². The van der Waals surface area contributed by atoms with Gasteiger partial charge in [-0.1, -0.05) is 18.2 Å². The average Bonchev–Trinajstić information content (AvgIpc) is 2.25. The Bertz CT molecular complexity index is 513. The minimum Gasteiger partial charge on any atom is -0.508 e. The van der Waals surface area contributed by atoms with E-state index in [1.807, 2.05) is 26.0 Å². The molecule has 2 aromatic rings. The summed E-state index contributed by atoms with van der Waals surface area (Å²) >= 11 is 0. The highest BCUT2D eigenvalue weighted by Crippen LogP contribution is 2.33. The first-order chi connectivity index (χ1) is 7.58. The Morgan fingerprint density at radius 2 is 1.50 bits per heavy atom. The third-order valence-electron chi connectivity index (χ3n) is 2.62. The van der Waals surface area contributed by atoms with Gasteiger partial charge in [-0.05, 0) is 48.7 Å². The molecule has 0 saturated heterocycles. The molecule has 0 radical (unpaired) electrons. The zero-order chi connectivity index (χ0) is 11.7. The van der Waals surface area contributed by atoms with Crippen LogP contribution in [0.1, 0.15) is 11.1 Å². The van der Waals surface area contributed by atoms with Crippen LogP contribution in [0.5, 0.6) is 11.5 Å². The molecule has 16 heavy (non-hydrogen) atoms. The summed E-state index contributed by atoms with van der Waals surface area (Å²) in [6.07, 6.45) is 0. The van der Waals surface area contributed by atoms with Gasteiger partial charge in [-0.2, -0.15) is 0 Å². The average molecular weight is 214 g/mol. The molecule has 0 aliphatic rings. The third-order valence-corrected chi connectivity index (χ3v) is 2.62. The van der Waals surface area contributed by atoms with E-state index < -0.39 is 0 Å². The summed E-state index contributed by atoms with van der Waals surface area (Å²) in [7, 11) is 0. The molecular formula is C14H14O2. The first-order valence-electron chi connectivity index (χ1n) is 5.17. The lowest BCUT2D eigenvalue weighted by Gasteiger charge is -2.09. The molecule has 0 unspecified atom stereocenters. The highest BCUT2D eigenvalue weighted by atomic mass is 16.3. The SMILES string of the molecule is Cc1cc(C)c(O)c(-c2ccc(O)cc2)c1. The zero-order valence-electron chi connectivity index (χ0n) is 9.36. The van der Waals surface area contributed by atoms with Gasteiger partial charge in [0.15, 0.2) is 0 Å². The molecule has 0 amide bonds. The molecule has 2 N–H and O–H groups in total. The molecule has 0 aromatic heterocycles. The lowest BCUT2D eigenvalue weighted by atomic mass is 9.99. The van der Waals surface area contributed by atoms with E-state index in [1.165, 1.54) is 0 Å². The zero-order valence-corrected chi connectivity index (χ0v) is 9.36. The molecule has 0 atom stereocenters. The van der Waals surface area contributed by atoms with E-state index >= 15 is 0 Å². The molecule has 2 rings (SSSR count). The van der Waals surface area contributed by atoms with E-state index in [9.17, 15) is 10.2 Å². The van der Waals surface area contributed by atoms with Crippen LogP contribution in [-0.4, -0.2) is 10.2 Å². The van der Waals surface area contributed by atoms with E-state index in [0.29, 0.717) is 5.75 Å². The van der Waals surface area contributed by atoms with Gasteiger partial charge >= 0.3 is 0 Å². The molecule has 2 nitrogen and oxygen atoms in total. The largest absolute Gasteiger partial charge is 0.508 e. The number of hydrogen-bond donors (Lipinski definition) is 2. The van der Waals surface area contributed by atoms with Crippen LogP contribution in [0, 0.1) is 13.8 Å². The van der Waals surface area contributed by atoms with Crippen molar-refractivity contribution in [2.75, 3.05) is 0 Å². The summed E-state index contributed by atoms with van der Waals surface area (Å²) in [6.45, 7) is 3.88. The number of phenols is 2. The first-order valence-corrected chi connectivity index (χ1v) is 5.17. The van der Waals surface area contributed by atoms with Gasteiger partial charge in [-0.3, -0.25) is 0 Å². The summed E-state index contributed by atoms with van der Waals surface area (Å²) in [4.78, 5) is 0. The van der Waals surface area contributed by atoms with Crippen LogP contribution in [0.15, 0.2) is 36.4 Å². The van der Waals surface area contributed by atoms with Crippen LogP contribution >= 0.6 is 0 Å². The Kier molecular flexibility index (Phi) is 2.57. The van der Waals surface area contributed by atoms with Crippen molar-refractivity contribution in [3.63, 3.8) is 0 Å². The molecule has 2 aromatic carbocycles. The van der Waals surface area contributed by atoms with Crippen LogP contribution in [0.25, 0.3) is 11.1 Å². The smallest absolute Gasteiger partial charge is 0.126 e. The number of phenolic OH excluding ortho intramolecular Hbond substituents is 2. The Balaban J connectivity index is 2.59. The highest BCUT2D eigenvalue weighted by Gasteiger charge is 2.07. The summed E-state index contributed by atoms with van der Waals surface area (Å²) in [5, 5.41) is 19.2. The minimum atomic E-state index is 0.229. The van der Waals surface area contributed by atoms with Crippen LogP contribution in [0.4, 0.5) is 0 Å². The van der Waals surface area contributed by atoms with Crippen LogP contribution in [0.2, 0.25) is 0 Å². The lowest BCUT2D eigenvalue weighted by molar-refractivity contribution is 0.472. The van der Waals surface area contributed by atoms with Crippen LogP contribution in [-0.2, 0) is 0 Å². The monoisotopic (exact) mass is 214 g/mol. The van der Waals surface area contributed by atoms with Gasteiger partial charge < -0.3 is 10.2 Å². The van der Waals surface area contributed by atoms with Crippen molar-refractivity contribution in [1.82, 2.24) is 0 Å². The molecule has 2 heteroatoms. The second-order valence-electron chi connectivity index (χ2n) is 4.02. The Hall–Kier alpha value is -1.96. The number of hydrogen-bond acceptors (Lipinski definition) is 2. The maximum absolute atomic E-state index is 9.98. The predicted octanol–water partition coefficient (Wildman–Crippen LogP) is 3.38. The van der Waals surface area contributed by atoms with Gasteiger partial charge in [-0.25, -0.2) is 0 Å². The van der Waals surface area contributed by atoms with E-state index in [-0.39, 0.29) is 5.75 Å². The van der Waals surface area contributed by atoms with E-state index in [1.54, 1.807) is 24.3 Å². The van der Waals surface area contributed by atoms with Gasteiger partial charge in [0.25, 0.3) is 0 Å². The summed E-state index contributed by atoms with van der Waals surface area (Å²) < 4.78 is 0. The van der Waals surface area contributed by atoms with Gasteiger partial charge in [0, 0.05) is 5.56 Å². The number of benzene rings is 2. The standard InChI is InChI=1S/C14H14O2/c1-9-7-10(2)14(16)13(8-9)11-3-5-12(15)6-4-11/h3-8,15-16H,1-2H3. The molecule has 0 fully saturated rings. The van der Waals surface area contributed by atoms with Gasteiger partial charge in [0.2, 0.25) is 0 Å². The van der Waals surface area contributed by atoms with Crippen molar-refractivity contribution in [2.24, 2.45) is 0 Å². The molecule has 0 heterocycles. The fraction of sp³-hybridized carbons (Fsp3) is 0.143. The second-order valence-corrected chi connectivity index (χ2v) is 4.02. The van der Waals surface area contributed by atoms with Gasteiger partial charge in [-0.15, -0.1) is 0 Å². The number of rotatable bonds is 1. The van der Waals surface area contributed by atoms with Crippen molar-refractivity contribution < 1.29 is 10.2 Å². The quantitative estimate of drug-likeness (QED) is 0.764. The van der Waals surface area contributed by atoms with E-state index in [2.05, 4.69) is 0 Å². The van der Waals surface area contributed by atoms with Gasteiger partial charge in [0.1, 0.15) is 11.5 Å². The van der Waals surface area contributed by atoms with Crippen LogP contribution in [0.3, 0.4) is 0 Å². The van der Waals surface area contributed by atoms with E-state index in [0.717, 1.165) is 22.3 Å². The van der Waals surface area contributed by atoms with Crippen molar-refractivity contribution >= 4 is 0 Å². The summed E-state index contributed by atoms with van der Waals surface area (Å²) in [5.74, 6) is 0.531. The molecule has 0 aliphatic heterocycles. The van der Waals surface area contributed by atoms with Crippen molar-refractivity contribution in [3.8, 4) is 22.6 Å². The molecule has 0 spiro atoms. The third kappa shape index (κ3) is 1.87. The molecule has 0 aliphatic carbocycles. The fourth-order valence-electron chi connectivity index (χ4n) is 1.82. The summed E-state index contributed by atoms with van der Waals surface area (Å²) in [5.41, 5.74) is 3.68. The molecular weight excluding hydrogens is 200 g/mol. The first kappa shape index (κ1) is 10.6. The fourth-order valence-corrected chi connectivity index (χ4v) is 1.82. The predicted molar refractivity (Wildman–Crippen MR) is 64.7 cm³/mol. The van der Waals surface area contributed by atoms with Crippen molar-refractivity contribution in [2.45, 2.75) is 13.8 Å². The Morgan fingerprint density at radius 1 is 0.875 bits per heavy atom. The van der Waals surface area contributed by atoms with Crippen molar-refractivity contribution in [1.29, 1.82) is 0 Å². The second kappa shape index (κ2) is 3.89. The maximum atomic E-state index is 9.98. The topological polar surface area (TPSA) is 40.5 Å².